The molecule has 1 aliphatic heterocycles. The second-order valence-electron chi connectivity index (χ2n) is 11.8. The van der Waals surface area contributed by atoms with Crippen LogP contribution in [0.25, 0.3) is 33.4 Å². The maximum Gasteiger partial charge on any atom is 0.407 e. The molecule has 0 radical (unpaired) electrons. The van der Waals surface area contributed by atoms with E-state index in [0.29, 0.717) is 54.0 Å². The average Bonchev–Trinajstić information content (AvgIpc) is 3.12. The van der Waals surface area contributed by atoms with Crippen molar-refractivity contribution >= 4 is 38.8 Å². The molecule has 0 spiro atoms. The predicted octanol–water partition coefficient (Wildman–Crippen LogP) is 5.43. The summed E-state index contributed by atoms with van der Waals surface area (Å²) in [6.45, 7) is 16.3. The predicted molar refractivity (Wildman–Crippen MR) is 199 cm³/mol. The van der Waals surface area contributed by atoms with E-state index in [2.05, 4.69) is 54.4 Å². The molecule has 0 saturated carbocycles. The molecule has 0 aromatic heterocycles. The number of hydrogen-bond acceptors (Lipinski definition) is 9. The van der Waals surface area contributed by atoms with E-state index < -0.39 is 22.2 Å². The summed E-state index contributed by atoms with van der Waals surface area (Å²) >= 11 is 0. The van der Waals surface area contributed by atoms with E-state index in [1.54, 1.807) is 6.07 Å². The van der Waals surface area contributed by atoms with Crippen LogP contribution in [0.2, 0.25) is 0 Å². The topological polar surface area (TPSA) is 150 Å². The number of nitrogens with one attached hydrogen (secondary N) is 2. The highest BCUT2D eigenvalue weighted by Crippen LogP contribution is 2.43. The molecule has 51 heavy (non-hydrogen) atoms. The van der Waals surface area contributed by atoms with Crippen LogP contribution in [-0.4, -0.2) is 77.5 Å². The van der Waals surface area contributed by atoms with Crippen molar-refractivity contribution in [2.75, 3.05) is 57.4 Å². The van der Waals surface area contributed by atoms with E-state index >= 15 is 0 Å². The lowest BCUT2D eigenvalue weighted by molar-refractivity contribution is -0.137. The molecule has 0 fully saturated rings. The first kappa shape index (κ1) is 39.1. The standard InChI is InChI=1S/C38H48N4O8S/c1-6-36(43)48-22-20-40-38(44)49-21-12-11-19-39-26-27-13-16-32(35(23-27)51(45,46)47)37-30-17-14-28(41(7-2)8-3)24-33(30)50-34-25-29(15-18-31(34)37)42(9-4)10-5/h6,13-18,23-25,39H,1,7-12,19-22,26H2,2-5H3,(H-,40,44,45,46,47)/p+1. The Kier molecular flexibility index (Phi) is 14.2. The van der Waals surface area contributed by atoms with Gasteiger partial charge in [-0.1, -0.05) is 18.7 Å². The van der Waals surface area contributed by atoms with Gasteiger partial charge in [0.05, 0.1) is 19.2 Å². The first-order valence-electron chi connectivity index (χ1n) is 17.4. The number of benzene rings is 3. The molecule has 1 aliphatic carbocycles. The van der Waals surface area contributed by atoms with E-state index in [-0.39, 0.29) is 24.7 Å². The summed E-state index contributed by atoms with van der Waals surface area (Å²) in [5.74, 6) is 0.0489. The fourth-order valence-corrected chi connectivity index (χ4v) is 6.74. The van der Waals surface area contributed by atoms with Crippen LogP contribution < -0.4 is 25.5 Å². The van der Waals surface area contributed by atoms with Crippen LogP contribution in [0.3, 0.4) is 0 Å². The van der Waals surface area contributed by atoms with Crippen molar-refractivity contribution in [2.24, 2.45) is 0 Å². The first-order chi connectivity index (χ1) is 24.5. The van der Waals surface area contributed by atoms with Gasteiger partial charge in [0.25, 0.3) is 10.1 Å². The zero-order valence-corrected chi connectivity index (χ0v) is 30.7. The third-order valence-electron chi connectivity index (χ3n) is 8.63. The fourth-order valence-electron chi connectivity index (χ4n) is 5.99. The summed E-state index contributed by atoms with van der Waals surface area (Å²) < 4.78 is 55.1. The largest absolute Gasteiger partial charge is 0.461 e. The van der Waals surface area contributed by atoms with E-state index in [1.807, 2.05) is 42.5 Å². The second-order valence-corrected chi connectivity index (χ2v) is 13.2. The van der Waals surface area contributed by atoms with Crippen molar-refractivity contribution in [3.05, 3.63) is 78.2 Å². The number of fused-ring (bicyclic) bond motifs is 2. The SMILES string of the molecule is C=CC(=O)OCCNC(=O)OCCCCNCc1ccc(-c2c3ccc(=[N+](CC)CC)cc-3oc3cc(N(CC)CC)ccc23)c(S(=O)(=O)O)c1. The molecule has 2 aromatic carbocycles. The molecule has 274 valence electrons. The first-order valence-corrected chi connectivity index (χ1v) is 18.8. The molecule has 0 atom stereocenters. The van der Waals surface area contributed by atoms with E-state index in [0.717, 1.165) is 54.2 Å². The molecule has 13 heteroatoms. The van der Waals surface area contributed by atoms with Gasteiger partial charge in [-0.3, -0.25) is 4.55 Å². The van der Waals surface area contributed by atoms with Crippen molar-refractivity contribution in [3.63, 3.8) is 0 Å². The van der Waals surface area contributed by atoms with Crippen molar-refractivity contribution < 1.29 is 36.5 Å². The summed E-state index contributed by atoms with van der Waals surface area (Å²) in [7, 11) is -4.62. The number of esters is 1. The maximum atomic E-state index is 12.9. The summed E-state index contributed by atoms with van der Waals surface area (Å²) in [5.41, 5.74) is 4.07. The second kappa shape index (κ2) is 18.5. The Morgan fingerprint density at radius 2 is 1.67 bits per heavy atom. The van der Waals surface area contributed by atoms with Gasteiger partial charge in [0.2, 0.25) is 5.36 Å². The molecule has 3 N–H and O–H groups in total. The van der Waals surface area contributed by atoms with Gasteiger partial charge in [-0.05, 0) is 76.9 Å². The highest BCUT2D eigenvalue weighted by atomic mass is 32.2. The molecular formula is C38H49N4O8S+. The summed E-state index contributed by atoms with van der Waals surface area (Å²) in [4.78, 5) is 24.8. The number of rotatable bonds is 18. The zero-order chi connectivity index (χ0) is 37.0. The van der Waals surface area contributed by atoms with Crippen molar-refractivity contribution in [2.45, 2.75) is 52.0 Å². The Balaban J connectivity index is 1.56. The van der Waals surface area contributed by atoms with Crippen LogP contribution >= 0.6 is 0 Å². The van der Waals surface area contributed by atoms with Gasteiger partial charge in [0, 0.05) is 65.6 Å². The van der Waals surface area contributed by atoms with E-state index in [4.69, 9.17) is 13.9 Å². The molecule has 0 bridgehead atoms. The number of alkyl carbamates (subject to hydrolysis) is 1. The normalized spacial score (nSPS) is 11.4. The summed E-state index contributed by atoms with van der Waals surface area (Å²) in [6.07, 6.45) is 1.75. The number of nitrogens with zero attached hydrogens (tertiary/aromatic N) is 2. The Bertz CT molecular complexity index is 1980. The van der Waals surface area contributed by atoms with Gasteiger partial charge < -0.3 is 29.4 Å². The number of carbonyl (C=O) groups excluding carboxylic acids is 2. The molecule has 1 heterocycles. The van der Waals surface area contributed by atoms with Crippen LogP contribution in [0, 0.1) is 0 Å². The maximum absolute atomic E-state index is 12.9. The molecule has 4 rings (SSSR count). The lowest BCUT2D eigenvalue weighted by atomic mass is 9.92. The zero-order valence-electron chi connectivity index (χ0n) is 29.9. The lowest BCUT2D eigenvalue weighted by Gasteiger charge is -2.22. The minimum Gasteiger partial charge on any atom is -0.461 e. The summed E-state index contributed by atoms with van der Waals surface area (Å²) in [5, 5.41) is 7.51. The van der Waals surface area contributed by atoms with Gasteiger partial charge in [-0.25, -0.2) is 14.2 Å². The van der Waals surface area contributed by atoms with Gasteiger partial charge in [-0.15, -0.1) is 0 Å². The Labute approximate surface area is 299 Å². The summed E-state index contributed by atoms with van der Waals surface area (Å²) in [6, 6.07) is 17.0. The minimum absolute atomic E-state index is 0.0219. The highest BCUT2D eigenvalue weighted by Gasteiger charge is 2.25. The van der Waals surface area contributed by atoms with Crippen LogP contribution in [0.15, 0.2) is 76.6 Å². The quantitative estimate of drug-likeness (QED) is 0.0303. The number of anilines is 1. The van der Waals surface area contributed by atoms with Gasteiger partial charge >= 0.3 is 12.1 Å². The van der Waals surface area contributed by atoms with E-state index in [9.17, 15) is 22.6 Å². The number of ether oxygens (including phenoxy) is 2. The molecule has 1 amide bonds. The van der Waals surface area contributed by atoms with Crippen molar-refractivity contribution in [1.82, 2.24) is 15.2 Å². The number of carbonyl (C=O) groups is 2. The monoisotopic (exact) mass is 721 g/mol. The fraction of sp³-hybridized carbons (Fsp3) is 0.395. The lowest BCUT2D eigenvalue weighted by Crippen LogP contribution is -2.29. The molecule has 0 saturated heterocycles. The average molecular weight is 722 g/mol. The molecular weight excluding hydrogens is 673 g/mol. The number of hydrogen-bond donors (Lipinski definition) is 3. The number of amides is 1. The third-order valence-corrected chi connectivity index (χ3v) is 9.53. The third kappa shape index (κ3) is 10.2. The van der Waals surface area contributed by atoms with Gasteiger partial charge in [0.15, 0.2) is 0 Å². The Hall–Kier alpha value is -4.72. The minimum atomic E-state index is -4.62. The molecule has 2 aliphatic rings. The Morgan fingerprint density at radius 1 is 0.922 bits per heavy atom. The van der Waals surface area contributed by atoms with Crippen LogP contribution in [0.5, 0.6) is 0 Å². The van der Waals surface area contributed by atoms with Gasteiger partial charge in [-0.2, -0.15) is 8.42 Å². The van der Waals surface area contributed by atoms with Crippen LogP contribution in [-0.2, 0) is 30.9 Å². The van der Waals surface area contributed by atoms with Gasteiger partial charge in [0.1, 0.15) is 35.9 Å². The highest BCUT2D eigenvalue weighted by molar-refractivity contribution is 7.86. The van der Waals surface area contributed by atoms with Crippen molar-refractivity contribution in [3.8, 4) is 22.5 Å². The van der Waals surface area contributed by atoms with E-state index in [1.165, 1.54) is 6.07 Å². The smallest absolute Gasteiger partial charge is 0.407 e. The molecule has 12 nitrogen and oxygen atoms in total. The Morgan fingerprint density at radius 3 is 2.35 bits per heavy atom. The van der Waals surface area contributed by atoms with Crippen LogP contribution in [0.4, 0.5) is 10.5 Å². The van der Waals surface area contributed by atoms with Crippen molar-refractivity contribution in [1.29, 1.82) is 0 Å². The molecule has 2 aromatic rings. The molecule has 0 unspecified atom stereocenters. The number of unbranched alkanes of at least 4 members (excludes halogenated alkanes) is 1. The van der Waals surface area contributed by atoms with Crippen LogP contribution in [0.1, 0.15) is 46.1 Å².